The summed E-state index contributed by atoms with van der Waals surface area (Å²) in [6.07, 6.45) is 0. The number of amides is 1. The van der Waals surface area contributed by atoms with Gasteiger partial charge in [-0.3, -0.25) is 4.79 Å². The minimum absolute atomic E-state index is 0.272. The van der Waals surface area contributed by atoms with Crippen molar-refractivity contribution in [3.8, 4) is 11.3 Å². The Morgan fingerprint density at radius 2 is 2.18 bits per heavy atom. The van der Waals surface area contributed by atoms with Crippen LogP contribution in [0.4, 0.5) is 10.1 Å². The number of halogens is 1. The van der Waals surface area contributed by atoms with Gasteiger partial charge in [-0.05, 0) is 35.1 Å². The molecule has 0 unspecified atom stereocenters. The van der Waals surface area contributed by atoms with Crippen LogP contribution in [-0.2, 0) is 6.54 Å². The molecule has 0 aliphatic carbocycles. The largest absolute Gasteiger partial charge is 0.396 e. The number of hydrogen-bond acceptors (Lipinski definition) is 5. The van der Waals surface area contributed by atoms with Crippen LogP contribution in [0.1, 0.15) is 14.5 Å². The average Bonchev–Trinajstić information content (AvgIpc) is 3.14. The van der Waals surface area contributed by atoms with E-state index in [4.69, 9.17) is 5.73 Å². The van der Waals surface area contributed by atoms with Crippen LogP contribution < -0.4 is 11.1 Å². The van der Waals surface area contributed by atoms with Gasteiger partial charge in [0.1, 0.15) is 16.4 Å². The molecule has 0 bridgehead atoms. The summed E-state index contributed by atoms with van der Waals surface area (Å²) in [7, 11) is 0. The molecule has 0 radical (unpaired) electrons. The number of aromatic nitrogens is 1. The SMILES string of the molecule is Nc1c(-c2cccc(F)c2)nsc1C(=O)NCc1cccs1. The van der Waals surface area contributed by atoms with Gasteiger partial charge in [-0.1, -0.05) is 18.2 Å². The number of nitrogen functional groups attached to an aromatic ring is 1. The summed E-state index contributed by atoms with van der Waals surface area (Å²) in [5.41, 5.74) is 7.28. The number of carbonyl (C=O) groups excluding carboxylic acids is 1. The van der Waals surface area contributed by atoms with E-state index in [0.717, 1.165) is 16.4 Å². The molecule has 0 saturated heterocycles. The molecule has 0 saturated carbocycles. The molecule has 2 heterocycles. The summed E-state index contributed by atoms with van der Waals surface area (Å²) in [6, 6.07) is 9.86. The summed E-state index contributed by atoms with van der Waals surface area (Å²) in [6.45, 7) is 0.448. The second kappa shape index (κ2) is 6.25. The first-order valence-electron chi connectivity index (χ1n) is 6.47. The summed E-state index contributed by atoms with van der Waals surface area (Å²) < 4.78 is 17.5. The predicted octanol–water partition coefficient (Wildman–Crippen LogP) is 3.52. The number of hydrogen-bond donors (Lipinski definition) is 2. The lowest BCUT2D eigenvalue weighted by atomic mass is 10.1. The van der Waals surface area contributed by atoms with Crippen LogP contribution in [0.2, 0.25) is 0 Å². The second-order valence-corrected chi connectivity index (χ2v) is 6.35. The lowest BCUT2D eigenvalue weighted by Crippen LogP contribution is -2.22. The first-order valence-corrected chi connectivity index (χ1v) is 8.12. The molecule has 7 heteroatoms. The highest BCUT2D eigenvalue weighted by molar-refractivity contribution is 7.10. The Morgan fingerprint density at radius 1 is 1.32 bits per heavy atom. The maximum Gasteiger partial charge on any atom is 0.265 e. The van der Waals surface area contributed by atoms with E-state index in [2.05, 4.69) is 9.69 Å². The summed E-state index contributed by atoms with van der Waals surface area (Å²) in [5.74, 6) is -0.639. The lowest BCUT2D eigenvalue weighted by Gasteiger charge is -2.03. The van der Waals surface area contributed by atoms with Crippen LogP contribution in [0.25, 0.3) is 11.3 Å². The zero-order valence-corrected chi connectivity index (χ0v) is 13.0. The quantitative estimate of drug-likeness (QED) is 0.767. The maximum absolute atomic E-state index is 13.3. The fourth-order valence-corrected chi connectivity index (χ4v) is 3.35. The normalized spacial score (nSPS) is 10.6. The number of nitrogens with one attached hydrogen (secondary N) is 1. The van der Waals surface area contributed by atoms with E-state index in [-0.39, 0.29) is 17.4 Å². The molecule has 0 atom stereocenters. The van der Waals surface area contributed by atoms with Crippen LogP contribution in [0.15, 0.2) is 41.8 Å². The molecule has 3 aromatic rings. The molecule has 3 rings (SSSR count). The highest BCUT2D eigenvalue weighted by Gasteiger charge is 2.18. The van der Waals surface area contributed by atoms with E-state index in [9.17, 15) is 9.18 Å². The molecular weight excluding hydrogens is 321 g/mol. The smallest absolute Gasteiger partial charge is 0.265 e. The van der Waals surface area contributed by atoms with Gasteiger partial charge in [0.05, 0.1) is 12.2 Å². The van der Waals surface area contributed by atoms with Gasteiger partial charge in [0.2, 0.25) is 0 Å². The van der Waals surface area contributed by atoms with Gasteiger partial charge in [0, 0.05) is 10.4 Å². The van der Waals surface area contributed by atoms with Crippen LogP contribution in [0.3, 0.4) is 0 Å². The average molecular weight is 333 g/mol. The summed E-state index contributed by atoms with van der Waals surface area (Å²) in [4.78, 5) is 13.6. The zero-order chi connectivity index (χ0) is 15.5. The Kier molecular flexibility index (Phi) is 4.17. The molecule has 22 heavy (non-hydrogen) atoms. The van der Waals surface area contributed by atoms with Gasteiger partial charge >= 0.3 is 0 Å². The Bertz CT molecular complexity index is 799. The number of carbonyl (C=O) groups is 1. The molecule has 0 aliphatic heterocycles. The van der Waals surface area contributed by atoms with Gasteiger partial charge in [0.15, 0.2) is 0 Å². The van der Waals surface area contributed by atoms with E-state index in [1.54, 1.807) is 23.5 Å². The van der Waals surface area contributed by atoms with Crippen molar-refractivity contribution in [3.63, 3.8) is 0 Å². The topological polar surface area (TPSA) is 68.0 Å². The molecule has 0 aliphatic rings. The fraction of sp³-hybridized carbons (Fsp3) is 0.0667. The second-order valence-electron chi connectivity index (χ2n) is 4.55. The standard InChI is InChI=1S/C15H12FN3OS2/c16-10-4-1-3-9(7-10)13-12(17)14(22-19-13)15(20)18-8-11-5-2-6-21-11/h1-7H,8,17H2,(H,18,20). The third-order valence-corrected chi connectivity index (χ3v) is 4.77. The van der Waals surface area contributed by atoms with Gasteiger partial charge in [-0.15, -0.1) is 11.3 Å². The van der Waals surface area contributed by atoms with Crippen molar-refractivity contribution < 1.29 is 9.18 Å². The first kappa shape index (κ1) is 14.7. The van der Waals surface area contributed by atoms with Gasteiger partial charge in [-0.2, -0.15) is 4.37 Å². The molecule has 0 fully saturated rings. The third-order valence-electron chi connectivity index (χ3n) is 3.04. The third kappa shape index (κ3) is 3.00. The highest BCUT2D eigenvalue weighted by Crippen LogP contribution is 2.31. The monoisotopic (exact) mass is 333 g/mol. The van der Waals surface area contributed by atoms with E-state index in [1.165, 1.54) is 12.1 Å². The minimum Gasteiger partial charge on any atom is -0.396 e. The van der Waals surface area contributed by atoms with Gasteiger partial charge in [-0.25, -0.2) is 4.39 Å². The van der Waals surface area contributed by atoms with Crippen LogP contribution in [0, 0.1) is 5.82 Å². The van der Waals surface area contributed by atoms with Crippen molar-refractivity contribution in [2.24, 2.45) is 0 Å². The Labute approximate surface area is 134 Å². The number of rotatable bonds is 4. The van der Waals surface area contributed by atoms with Crippen molar-refractivity contribution in [3.05, 3.63) is 57.3 Å². The molecule has 0 spiro atoms. The Hall–Kier alpha value is -2.25. The number of nitrogens with two attached hydrogens (primary N) is 1. The van der Waals surface area contributed by atoms with E-state index < -0.39 is 0 Å². The van der Waals surface area contributed by atoms with Crippen molar-refractivity contribution in [2.45, 2.75) is 6.54 Å². The number of anilines is 1. The maximum atomic E-state index is 13.3. The van der Waals surface area contributed by atoms with Crippen molar-refractivity contribution >= 4 is 34.5 Å². The summed E-state index contributed by atoms with van der Waals surface area (Å²) >= 11 is 2.58. The predicted molar refractivity (Wildman–Crippen MR) is 87.4 cm³/mol. The highest BCUT2D eigenvalue weighted by atomic mass is 32.1. The molecule has 112 valence electrons. The minimum atomic E-state index is -0.367. The molecule has 1 aromatic carbocycles. The molecule has 4 nitrogen and oxygen atoms in total. The van der Waals surface area contributed by atoms with E-state index in [0.29, 0.717) is 22.7 Å². The number of thiophene rings is 1. The lowest BCUT2D eigenvalue weighted by molar-refractivity contribution is 0.0956. The first-order chi connectivity index (χ1) is 10.6. The van der Waals surface area contributed by atoms with E-state index >= 15 is 0 Å². The summed E-state index contributed by atoms with van der Waals surface area (Å²) in [5, 5.41) is 4.76. The van der Waals surface area contributed by atoms with Crippen LogP contribution >= 0.6 is 22.9 Å². The fourth-order valence-electron chi connectivity index (χ4n) is 1.97. The zero-order valence-electron chi connectivity index (χ0n) is 11.4. The van der Waals surface area contributed by atoms with Gasteiger partial charge in [0.25, 0.3) is 5.91 Å². The van der Waals surface area contributed by atoms with E-state index in [1.807, 2.05) is 17.5 Å². The molecule has 2 aromatic heterocycles. The van der Waals surface area contributed by atoms with Crippen molar-refractivity contribution in [1.82, 2.24) is 9.69 Å². The number of nitrogens with zero attached hydrogens (tertiary/aromatic N) is 1. The number of benzene rings is 1. The molecular formula is C15H12FN3OS2. The van der Waals surface area contributed by atoms with Crippen LogP contribution in [0.5, 0.6) is 0 Å². The van der Waals surface area contributed by atoms with Crippen molar-refractivity contribution in [1.29, 1.82) is 0 Å². The van der Waals surface area contributed by atoms with Gasteiger partial charge < -0.3 is 11.1 Å². The van der Waals surface area contributed by atoms with Crippen molar-refractivity contribution in [2.75, 3.05) is 5.73 Å². The molecule has 1 amide bonds. The Morgan fingerprint density at radius 3 is 2.91 bits per heavy atom. The Balaban J connectivity index is 1.79. The molecule has 3 N–H and O–H groups in total. The van der Waals surface area contributed by atoms with Crippen LogP contribution in [-0.4, -0.2) is 10.3 Å².